The number of morpholine rings is 1. The molecule has 1 fully saturated rings. The Bertz CT molecular complexity index is 599. The molecule has 10 heteroatoms. The monoisotopic (exact) mass is 383 g/mol. The third kappa shape index (κ3) is 4.28. The number of anilines is 1. The molecule has 6 nitrogen and oxygen atoms in total. The van der Waals surface area contributed by atoms with E-state index in [4.69, 9.17) is 10.6 Å². The van der Waals surface area contributed by atoms with Crippen LogP contribution in [0.5, 0.6) is 0 Å². The molecule has 2 unspecified atom stereocenters. The van der Waals surface area contributed by atoms with E-state index in [0.717, 1.165) is 11.8 Å². The van der Waals surface area contributed by atoms with Gasteiger partial charge in [0.25, 0.3) is 5.91 Å². The Morgan fingerprint density at radius 2 is 2.00 bits per heavy atom. The molecule has 1 aliphatic rings. The van der Waals surface area contributed by atoms with E-state index in [0.29, 0.717) is 13.1 Å². The molecule has 136 valence electrons. The standard InChI is InChI=1S/C14H19F2N3O3S.ClH/c1-7-4-19(5-8(2)22-7)13-10(23-6-20)3-9(14(21)18-17)11(15)12(13)16;/h3,7-8,20H,4-6,17H2,1-2H3,(H,18,21);1H. The minimum absolute atomic E-state index is 0. The second-order valence-electron chi connectivity index (χ2n) is 5.31. The van der Waals surface area contributed by atoms with Crippen molar-refractivity contribution >= 4 is 35.8 Å². The van der Waals surface area contributed by atoms with E-state index in [9.17, 15) is 18.7 Å². The molecule has 2 rings (SSSR count). The lowest BCUT2D eigenvalue weighted by atomic mass is 10.1. The molecule has 1 aromatic rings. The van der Waals surface area contributed by atoms with Gasteiger partial charge in [0.2, 0.25) is 0 Å². The van der Waals surface area contributed by atoms with Gasteiger partial charge in [0.1, 0.15) is 0 Å². The van der Waals surface area contributed by atoms with Crippen LogP contribution in [0, 0.1) is 11.6 Å². The van der Waals surface area contributed by atoms with E-state index >= 15 is 0 Å². The Balaban J connectivity index is 0.00000288. The number of rotatable bonds is 4. The summed E-state index contributed by atoms with van der Waals surface area (Å²) in [7, 11) is 0. The third-order valence-corrected chi connectivity index (χ3v) is 4.23. The second kappa shape index (κ2) is 8.82. The van der Waals surface area contributed by atoms with Gasteiger partial charge in [-0.2, -0.15) is 0 Å². The van der Waals surface area contributed by atoms with Crippen LogP contribution in [0.3, 0.4) is 0 Å². The van der Waals surface area contributed by atoms with E-state index in [2.05, 4.69) is 0 Å². The highest BCUT2D eigenvalue weighted by Crippen LogP contribution is 2.37. The number of halogens is 3. The van der Waals surface area contributed by atoms with Crippen molar-refractivity contribution in [3.05, 3.63) is 23.3 Å². The van der Waals surface area contributed by atoms with Gasteiger partial charge in [-0.1, -0.05) is 11.8 Å². The highest BCUT2D eigenvalue weighted by molar-refractivity contribution is 7.99. The lowest BCUT2D eigenvalue weighted by Crippen LogP contribution is -2.46. The van der Waals surface area contributed by atoms with Gasteiger partial charge >= 0.3 is 0 Å². The van der Waals surface area contributed by atoms with Crippen molar-refractivity contribution in [2.75, 3.05) is 23.9 Å². The average molecular weight is 384 g/mol. The summed E-state index contributed by atoms with van der Waals surface area (Å²) < 4.78 is 34.4. The second-order valence-corrected chi connectivity index (χ2v) is 6.29. The number of amides is 1. The molecule has 0 radical (unpaired) electrons. The maximum Gasteiger partial charge on any atom is 0.268 e. The number of nitrogens with zero attached hydrogens (tertiary/aromatic N) is 1. The zero-order valence-corrected chi connectivity index (χ0v) is 14.8. The minimum Gasteiger partial charge on any atom is -0.385 e. The maximum absolute atomic E-state index is 14.6. The molecule has 1 saturated heterocycles. The summed E-state index contributed by atoms with van der Waals surface area (Å²) in [5, 5.41) is 9.17. The number of hydrogen-bond donors (Lipinski definition) is 3. The summed E-state index contributed by atoms with van der Waals surface area (Å²) in [5.41, 5.74) is 1.31. The molecule has 0 aromatic heterocycles. The van der Waals surface area contributed by atoms with Crippen LogP contribution in [-0.2, 0) is 4.74 Å². The molecule has 4 N–H and O–H groups in total. The fraction of sp³-hybridized carbons (Fsp3) is 0.500. The number of hydrazine groups is 1. The number of nitrogen functional groups attached to an aromatic ring is 1. The first kappa shape index (κ1) is 20.9. The number of carbonyl (C=O) groups excluding carboxylic acids is 1. The fourth-order valence-electron chi connectivity index (χ4n) is 2.67. The molecular formula is C14H20ClF2N3O3S. The molecule has 1 aromatic carbocycles. The Hall–Kier alpha value is -1.13. The molecule has 0 aliphatic carbocycles. The van der Waals surface area contributed by atoms with Crippen molar-refractivity contribution in [3.8, 4) is 0 Å². The third-order valence-electron chi connectivity index (χ3n) is 3.48. The molecule has 1 amide bonds. The Labute approximate surface area is 149 Å². The van der Waals surface area contributed by atoms with Crippen molar-refractivity contribution in [2.45, 2.75) is 31.0 Å². The quantitative estimate of drug-likeness (QED) is 0.241. The number of aliphatic hydroxyl groups is 1. The van der Waals surface area contributed by atoms with Crippen LogP contribution in [0.4, 0.5) is 14.5 Å². The fourth-order valence-corrected chi connectivity index (χ4v) is 3.37. The van der Waals surface area contributed by atoms with Crippen molar-refractivity contribution in [1.82, 2.24) is 5.43 Å². The van der Waals surface area contributed by atoms with Crippen LogP contribution in [0.15, 0.2) is 11.0 Å². The number of carbonyl (C=O) groups is 1. The molecule has 2 atom stereocenters. The van der Waals surface area contributed by atoms with Gasteiger partial charge in [-0.3, -0.25) is 10.2 Å². The van der Waals surface area contributed by atoms with Crippen molar-refractivity contribution in [3.63, 3.8) is 0 Å². The van der Waals surface area contributed by atoms with Crippen molar-refractivity contribution in [2.24, 2.45) is 5.84 Å². The van der Waals surface area contributed by atoms with E-state index in [1.807, 2.05) is 13.8 Å². The molecule has 24 heavy (non-hydrogen) atoms. The van der Waals surface area contributed by atoms with Crippen LogP contribution in [-0.4, -0.2) is 42.3 Å². The van der Waals surface area contributed by atoms with Gasteiger partial charge in [0.15, 0.2) is 11.6 Å². The van der Waals surface area contributed by atoms with Crippen LogP contribution in [0.25, 0.3) is 0 Å². The lowest BCUT2D eigenvalue weighted by molar-refractivity contribution is -0.00559. The van der Waals surface area contributed by atoms with E-state index in [1.165, 1.54) is 6.07 Å². The first-order valence-electron chi connectivity index (χ1n) is 7.06. The number of aliphatic hydroxyl groups excluding tert-OH is 1. The molecular weight excluding hydrogens is 364 g/mol. The van der Waals surface area contributed by atoms with Gasteiger partial charge in [0, 0.05) is 18.0 Å². The summed E-state index contributed by atoms with van der Waals surface area (Å²) in [5.74, 6) is 1.32. The molecule has 0 spiro atoms. The first-order valence-corrected chi connectivity index (χ1v) is 8.04. The molecule has 0 saturated carbocycles. The van der Waals surface area contributed by atoms with Crippen molar-refractivity contribution < 1.29 is 23.4 Å². The average Bonchev–Trinajstić information content (AvgIpc) is 2.49. The van der Waals surface area contributed by atoms with Crippen molar-refractivity contribution in [1.29, 1.82) is 0 Å². The zero-order valence-electron chi connectivity index (χ0n) is 13.2. The van der Waals surface area contributed by atoms with Gasteiger partial charge < -0.3 is 14.7 Å². The number of nitrogens with one attached hydrogen (secondary N) is 1. The number of thioether (sulfide) groups is 1. The highest BCUT2D eigenvalue weighted by atomic mass is 35.5. The van der Waals surface area contributed by atoms with Crippen LogP contribution in [0.1, 0.15) is 24.2 Å². The Kier molecular flexibility index (Phi) is 7.68. The summed E-state index contributed by atoms with van der Waals surface area (Å²) >= 11 is 0.909. The normalized spacial score (nSPS) is 20.5. The van der Waals surface area contributed by atoms with Crippen LogP contribution < -0.4 is 16.2 Å². The number of benzene rings is 1. The molecule has 1 heterocycles. The van der Waals surface area contributed by atoms with Crippen LogP contribution in [0.2, 0.25) is 0 Å². The first-order chi connectivity index (χ1) is 10.9. The van der Waals surface area contributed by atoms with E-state index in [-0.39, 0.29) is 41.1 Å². The largest absolute Gasteiger partial charge is 0.385 e. The summed E-state index contributed by atoms with van der Waals surface area (Å²) in [6.45, 7) is 4.43. The van der Waals surface area contributed by atoms with E-state index in [1.54, 1.807) is 10.3 Å². The smallest absolute Gasteiger partial charge is 0.268 e. The minimum atomic E-state index is -1.27. The predicted molar refractivity (Wildman–Crippen MR) is 90.4 cm³/mol. The molecule has 1 aliphatic heterocycles. The molecule has 0 bridgehead atoms. The number of nitrogens with two attached hydrogens (primary N) is 1. The maximum atomic E-state index is 14.6. The number of hydrogen-bond acceptors (Lipinski definition) is 6. The lowest BCUT2D eigenvalue weighted by Gasteiger charge is -2.37. The Morgan fingerprint density at radius 3 is 2.50 bits per heavy atom. The van der Waals surface area contributed by atoms with Gasteiger partial charge in [-0.05, 0) is 19.9 Å². The van der Waals surface area contributed by atoms with Gasteiger partial charge in [-0.25, -0.2) is 14.6 Å². The Morgan fingerprint density at radius 1 is 1.42 bits per heavy atom. The number of ether oxygens (including phenoxy) is 1. The van der Waals surface area contributed by atoms with Gasteiger partial charge in [-0.15, -0.1) is 12.4 Å². The topological polar surface area (TPSA) is 87.8 Å². The predicted octanol–water partition coefficient (Wildman–Crippen LogP) is 1.65. The highest BCUT2D eigenvalue weighted by Gasteiger charge is 2.30. The summed E-state index contributed by atoms with van der Waals surface area (Å²) in [4.78, 5) is 13.5. The van der Waals surface area contributed by atoms with Crippen LogP contribution >= 0.6 is 24.2 Å². The summed E-state index contributed by atoms with van der Waals surface area (Å²) in [6.07, 6.45) is -0.305. The SMILES string of the molecule is CC1CN(c2c(SCO)cc(C(=O)NN)c(F)c2F)CC(C)O1.Cl. The van der Waals surface area contributed by atoms with Gasteiger partial charge in [0.05, 0.1) is 29.4 Å². The summed E-state index contributed by atoms with van der Waals surface area (Å²) in [6, 6.07) is 1.20. The zero-order chi connectivity index (χ0) is 17.1. The van der Waals surface area contributed by atoms with E-state index < -0.39 is 23.1 Å².